The quantitative estimate of drug-likeness (QED) is 0.777. The van der Waals surface area contributed by atoms with Gasteiger partial charge in [-0.1, -0.05) is 29.8 Å². The molecule has 2 atom stereocenters. The van der Waals surface area contributed by atoms with Crippen LogP contribution in [-0.2, 0) is 4.74 Å². The van der Waals surface area contributed by atoms with Gasteiger partial charge in [0.1, 0.15) is 0 Å². The van der Waals surface area contributed by atoms with Crippen molar-refractivity contribution in [1.29, 1.82) is 0 Å². The highest BCUT2D eigenvalue weighted by molar-refractivity contribution is 5.23. The van der Waals surface area contributed by atoms with Gasteiger partial charge in [-0.05, 0) is 25.3 Å². The van der Waals surface area contributed by atoms with Crippen LogP contribution in [0.15, 0.2) is 24.3 Å². The molecule has 2 unspecified atom stereocenters. The molecule has 1 saturated heterocycles. The average Bonchev–Trinajstić information content (AvgIpc) is 2.67. The molecular weight excluding hydrogens is 174 g/mol. The number of nitrogens with two attached hydrogens (primary N) is 1. The fraction of sp³-hybridized carbons (Fsp3) is 0.500. The zero-order valence-corrected chi connectivity index (χ0v) is 8.57. The molecule has 0 saturated carbocycles. The third-order valence-electron chi connectivity index (χ3n) is 2.82. The maximum atomic E-state index is 5.81. The maximum absolute atomic E-state index is 5.81. The van der Waals surface area contributed by atoms with Crippen LogP contribution in [0, 0.1) is 6.92 Å². The molecule has 0 bridgehead atoms. The molecule has 1 aromatic carbocycles. The monoisotopic (exact) mass is 191 g/mol. The first-order chi connectivity index (χ1) is 6.79. The van der Waals surface area contributed by atoms with Crippen LogP contribution in [0.25, 0.3) is 0 Å². The van der Waals surface area contributed by atoms with Gasteiger partial charge >= 0.3 is 0 Å². The molecule has 2 heteroatoms. The molecule has 1 heterocycles. The van der Waals surface area contributed by atoms with Crippen molar-refractivity contribution in [3.05, 3.63) is 35.4 Å². The van der Waals surface area contributed by atoms with Crippen LogP contribution in [-0.4, -0.2) is 12.6 Å². The van der Waals surface area contributed by atoms with Crippen molar-refractivity contribution in [1.82, 2.24) is 0 Å². The second kappa shape index (κ2) is 4.11. The summed E-state index contributed by atoms with van der Waals surface area (Å²) < 4.78 is 5.81. The van der Waals surface area contributed by atoms with Crippen molar-refractivity contribution in [2.24, 2.45) is 5.73 Å². The van der Waals surface area contributed by atoms with Crippen molar-refractivity contribution in [2.75, 3.05) is 6.54 Å². The Hall–Kier alpha value is -0.860. The fourth-order valence-electron chi connectivity index (χ4n) is 1.91. The van der Waals surface area contributed by atoms with Gasteiger partial charge in [0.05, 0.1) is 12.2 Å². The standard InChI is InChI=1S/C12H17NO/c1-9-2-4-10(5-3-9)12-7-6-11(8-13)14-12/h2-5,11-12H,6-8,13H2,1H3. The second-order valence-electron chi connectivity index (χ2n) is 3.97. The SMILES string of the molecule is Cc1ccc(C2CCC(CN)O2)cc1. The van der Waals surface area contributed by atoms with Gasteiger partial charge in [-0.3, -0.25) is 0 Å². The van der Waals surface area contributed by atoms with Crippen LogP contribution in [0.3, 0.4) is 0 Å². The van der Waals surface area contributed by atoms with Crippen LogP contribution in [0.5, 0.6) is 0 Å². The molecule has 0 radical (unpaired) electrons. The van der Waals surface area contributed by atoms with Gasteiger partial charge in [-0.25, -0.2) is 0 Å². The Morgan fingerprint density at radius 1 is 1.29 bits per heavy atom. The summed E-state index contributed by atoms with van der Waals surface area (Å²) in [7, 11) is 0. The Balaban J connectivity index is 2.06. The van der Waals surface area contributed by atoms with E-state index in [1.54, 1.807) is 0 Å². The molecule has 2 N–H and O–H groups in total. The smallest absolute Gasteiger partial charge is 0.0830 e. The third-order valence-corrected chi connectivity index (χ3v) is 2.82. The topological polar surface area (TPSA) is 35.2 Å². The summed E-state index contributed by atoms with van der Waals surface area (Å²) in [6.07, 6.45) is 2.73. The summed E-state index contributed by atoms with van der Waals surface area (Å²) in [6, 6.07) is 8.57. The van der Waals surface area contributed by atoms with Crippen LogP contribution in [0.1, 0.15) is 30.1 Å². The zero-order chi connectivity index (χ0) is 9.97. The van der Waals surface area contributed by atoms with Crippen LogP contribution in [0.4, 0.5) is 0 Å². The van der Waals surface area contributed by atoms with E-state index in [2.05, 4.69) is 31.2 Å². The van der Waals surface area contributed by atoms with Crippen molar-refractivity contribution in [3.63, 3.8) is 0 Å². The predicted molar refractivity (Wildman–Crippen MR) is 57.1 cm³/mol. The third kappa shape index (κ3) is 1.97. The predicted octanol–water partition coefficient (Wildman–Crippen LogP) is 2.17. The summed E-state index contributed by atoms with van der Waals surface area (Å²) >= 11 is 0. The number of hydrogen-bond acceptors (Lipinski definition) is 2. The lowest BCUT2D eigenvalue weighted by molar-refractivity contribution is 0.0498. The molecule has 1 aliphatic rings. The van der Waals surface area contributed by atoms with E-state index in [-0.39, 0.29) is 12.2 Å². The first kappa shape index (κ1) is 9.69. The lowest BCUT2D eigenvalue weighted by Crippen LogP contribution is -2.18. The van der Waals surface area contributed by atoms with E-state index in [0.29, 0.717) is 6.54 Å². The first-order valence-corrected chi connectivity index (χ1v) is 5.21. The van der Waals surface area contributed by atoms with Gasteiger partial charge in [0, 0.05) is 6.54 Å². The normalized spacial score (nSPS) is 26.7. The molecule has 0 aliphatic carbocycles. The minimum Gasteiger partial charge on any atom is -0.369 e. The summed E-state index contributed by atoms with van der Waals surface area (Å²) in [5.41, 5.74) is 8.15. The van der Waals surface area contributed by atoms with E-state index in [9.17, 15) is 0 Å². The van der Waals surface area contributed by atoms with Crippen molar-refractivity contribution in [3.8, 4) is 0 Å². The highest BCUT2D eigenvalue weighted by Crippen LogP contribution is 2.32. The van der Waals surface area contributed by atoms with Gasteiger partial charge in [-0.2, -0.15) is 0 Å². The van der Waals surface area contributed by atoms with Gasteiger partial charge in [0.2, 0.25) is 0 Å². The van der Waals surface area contributed by atoms with Crippen LogP contribution in [0.2, 0.25) is 0 Å². The lowest BCUT2D eigenvalue weighted by Gasteiger charge is -2.12. The van der Waals surface area contributed by atoms with Gasteiger partial charge in [-0.15, -0.1) is 0 Å². The highest BCUT2D eigenvalue weighted by atomic mass is 16.5. The van der Waals surface area contributed by atoms with E-state index in [1.165, 1.54) is 11.1 Å². The molecule has 1 fully saturated rings. The molecule has 2 rings (SSSR count). The van der Waals surface area contributed by atoms with E-state index in [1.807, 2.05) is 0 Å². The molecular formula is C12H17NO. The Labute approximate surface area is 85.1 Å². The Bertz CT molecular complexity index is 294. The van der Waals surface area contributed by atoms with Crippen molar-refractivity contribution >= 4 is 0 Å². The van der Waals surface area contributed by atoms with Gasteiger partial charge in [0.15, 0.2) is 0 Å². The number of hydrogen-bond donors (Lipinski definition) is 1. The van der Waals surface area contributed by atoms with Crippen LogP contribution < -0.4 is 5.73 Å². The van der Waals surface area contributed by atoms with E-state index >= 15 is 0 Å². The van der Waals surface area contributed by atoms with Gasteiger partial charge < -0.3 is 10.5 Å². The van der Waals surface area contributed by atoms with E-state index < -0.39 is 0 Å². The molecule has 0 aromatic heterocycles. The zero-order valence-electron chi connectivity index (χ0n) is 8.57. The van der Waals surface area contributed by atoms with E-state index in [4.69, 9.17) is 10.5 Å². The number of ether oxygens (including phenoxy) is 1. The van der Waals surface area contributed by atoms with Crippen LogP contribution >= 0.6 is 0 Å². The minimum absolute atomic E-state index is 0.265. The summed E-state index contributed by atoms with van der Waals surface area (Å²) in [4.78, 5) is 0. The summed E-state index contributed by atoms with van der Waals surface area (Å²) in [6.45, 7) is 2.74. The Morgan fingerprint density at radius 2 is 2.00 bits per heavy atom. The minimum atomic E-state index is 0.265. The molecule has 14 heavy (non-hydrogen) atoms. The van der Waals surface area contributed by atoms with Crippen molar-refractivity contribution in [2.45, 2.75) is 32.0 Å². The Morgan fingerprint density at radius 3 is 2.57 bits per heavy atom. The first-order valence-electron chi connectivity index (χ1n) is 5.21. The molecule has 0 amide bonds. The molecule has 1 aromatic rings. The average molecular weight is 191 g/mol. The molecule has 2 nitrogen and oxygen atoms in total. The molecule has 1 aliphatic heterocycles. The number of rotatable bonds is 2. The molecule has 0 spiro atoms. The van der Waals surface area contributed by atoms with Gasteiger partial charge in [0.25, 0.3) is 0 Å². The number of aryl methyl sites for hydroxylation is 1. The largest absolute Gasteiger partial charge is 0.369 e. The highest BCUT2D eigenvalue weighted by Gasteiger charge is 2.24. The summed E-state index contributed by atoms with van der Waals surface area (Å²) in [5, 5.41) is 0. The maximum Gasteiger partial charge on any atom is 0.0830 e. The fourth-order valence-corrected chi connectivity index (χ4v) is 1.91. The van der Waals surface area contributed by atoms with E-state index in [0.717, 1.165) is 12.8 Å². The van der Waals surface area contributed by atoms with Crippen molar-refractivity contribution < 1.29 is 4.74 Å². The number of benzene rings is 1. The molecule has 76 valence electrons. The lowest BCUT2D eigenvalue weighted by atomic mass is 10.0. The summed E-state index contributed by atoms with van der Waals surface area (Å²) in [5.74, 6) is 0. The Kier molecular flexibility index (Phi) is 2.85. The second-order valence-corrected chi connectivity index (χ2v) is 3.97.